The molecule has 3 rings (SSSR count). The maximum atomic E-state index is 9.67. The van der Waals surface area contributed by atoms with Crippen molar-refractivity contribution in [2.24, 2.45) is 11.3 Å². The number of aryl methyl sites for hydroxylation is 1. The van der Waals surface area contributed by atoms with Gasteiger partial charge in [0.2, 0.25) is 0 Å². The number of hydrogen-bond donors (Lipinski definition) is 4. The van der Waals surface area contributed by atoms with E-state index in [1.807, 2.05) is 10.9 Å². The van der Waals surface area contributed by atoms with Crippen molar-refractivity contribution in [3.63, 3.8) is 0 Å². The van der Waals surface area contributed by atoms with Crippen molar-refractivity contribution < 1.29 is 24.9 Å². The second kappa shape index (κ2) is 10.2. The van der Waals surface area contributed by atoms with Gasteiger partial charge >= 0.3 is 0 Å². The van der Waals surface area contributed by atoms with E-state index in [2.05, 4.69) is 28.3 Å². The Kier molecular flexibility index (Phi) is 8.70. The van der Waals surface area contributed by atoms with E-state index in [1.165, 1.54) is 0 Å². The predicted octanol–water partition coefficient (Wildman–Crippen LogP) is 0.0985. The summed E-state index contributed by atoms with van der Waals surface area (Å²) in [5.41, 5.74) is 1.23. The summed E-state index contributed by atoms with van der Waals surface area (Å²) in [6.45, 7) is 10.5. The van der Waals surface area contributed by atoms with Crippen LogP contribution in [0.2, 0.25) is 0 Å². The van der Waals surface area contributed by atoms with Crippen molar-refractivity contribution in [1.82, 2.24) is 20.0 Å². The molecule has 2 saturated heterocycles. The van der Waals surface area contributed by atoms with E-state index in [4.69, 9.17) is 19.8 Å². The first-order valence-electron chi connectivity index (χ1n) is 8.67. The summed E-state index contributed by atoms with van der Waals surface area (Å²) < 4.78 is 1.97. The molecular formula is C17H30N4O5. The van der Waals surface area contributed by atoms with Gasteiger partial charge in [-0.3, -0.25) is 19.2 Å². The van der Waals surface area contributed by atoms with Gasteiger partial charge in [0.25, 0.3) is 11.9 Å². The van der Waals surface area contributed by atoms with Crippen LogP contribution < -0.4 is 5.32 Å². The number of carboxylic acids is 2. The van der Waals surface area contributed by atoms with Gasteiger partial charge in [0, 0.05) is 58.2 Å². The van der Waals surface area contributed by atoms with E-state index in [9.17, 15) is 5.11 Å². The third-order valence-electron chi connectivity index (χ3n) is 4.47. The lowest BCUT2D eigenvalue weighted by molar-refractivity contribution is -0.135. The largest absolute Gasteiger partial charge is 0.481 e. The lowest BCUT2D eigenvalue weighted by Gasteiger charge is -2.25. The Morgan fingerprint density at radius 3 is 2.42 bits per heavy atom. The Labute approximate surface area is 153 Å². The second-order valence-corrected chi connectivity index (χ2v) is 6.72. The second-order valence-electron chi connectivity index (χ2n) is 6.72. The molecule has 0 spiro atoms. The van der Waals surface area contributed by atoms with Crippen LogP contribution >= 0.6 is 0 Å². The Hall–Kier alpha value is -1.97. The molecule has 0 aliphatic carbocycles. The normalized spacial score (nSPS) is 24.1. The van der Waals surface area contributed by atoms with Crippen LogP contribution in [0.1, 0.15) is 26.5 Å². The van der Waals surface area contributed by atoms with Crippen molar-refractivity contribution >= 4 is 11.9 Å². The van der Waals surface area contributed by atoms with Gasteiger partial charge in [0.15, 0.2) is 0 Å². The van der Waals surface area contributed by atoms with Gasteiger partial charge < -0.3 is 20.6 Å². The lowest BCUT2D eigenvalue weighted by atomic mass is 9.82. The molecule has 2 unspecified atom stereocenters. The van der Waals surface area contributed by atoms with Crippen molar-refractivity contribution in [3.05, 3.63) is 18.0 Å². The summed E-state index contributed by atoms with van der Waals surface area (Å²) in [7, 11) is 0. The third kappa shape index (κ3) is 6.74. The SMILES string of the molecule is CC(=O)O.CC(=O)O.CCn1ccc(CN2CC3CNCC3(CO)C2)n1. The van der Waals surface area contributed by atoms with E-state index >= 15 is 0 Å². The smallest absolute Gasteiger partial charge is 0.300 e. The van der Waals surface area contributed by atoms with Gasteiger partial charge in [-0.25, -0.2) is 0 Å². The molecule has 148 valence electrons. The fourth-order valence-electron chi connectivity index (χ4n) is 3.37. The highest BCUT2D eigenvalue weighted by atomic mass is 16.4. The number of carbonyl (C=O) groups is 2. The van der Waals surface area contributed by atoms with Crippen LogP contribution in [-0.2, 0) is 22.7 Å². The van der Waals surface area contributed by atoms with Gasteiger partial charge in [0.05, 0.1) is 12.3 Å². The van der Waals surface area contributed by atoms with Crippen molar-refractivity contribution in [2.75, 3.05) is 32.8 Å². The van der Waals surface area contributed by atoms with E-state index in [-0.39, 0.29) is 5.41 Å². The third-order valence-corrected chi connectivity index (χ3v) is 4.47. The Morgan fingerprint density at radius 1 is 1.35 bits per heavy atom. The van der Waals surface area contributed by atoms with Crippen LogP contribution in [-0.4, -0.2) is 74.7 Å². The number of aromatic nitrogens is 2. The summed E-state index contributed by atoms with van der Waals surface area (Å²) in [6.07, 6.45) is 2.04. The highest BCUT2D eigenvalue weighted by molar-refractivity contribution is 5.63. The molecule has 2 aliphatic heterocycles. The molecule has 0 radical (unpaired) electrons. The molecule has 0 amide bonds. The summed E-state index contributed by atoms with van der Waals surface area (Å²) in [4.78, 5) is 20.4. The molecule has 2 aliphatic rings. The van der Waals surface area contributed by atoms with E-state index < -0.39 is 11.9 Å². The molecule has 4 N–H and O–H groups in total. The predicted molar refractivity (Wildman–Crippen MR) is 95.7 cm³/mol. The number of aliphatic hydroxyl groups is 1. The van der Waals surface area contributed by atoms with Crippen LogP contribution in [0.15, 0.2) is 12.3 Å². The number of aliphatic hydroxyl groups excluding tert-OH is 1. The molecule has 26 heavy (non-hydrogen) atoms. The molecule has 0 bridgehead atoms. The van der Waals surface area contributed by atoms with Crippen LogP contribution in [0, 0.1) is 11.3 Å². The van der Waals surface area contributed by atoms with Crippen LogP contribution in [0.3, 0.4) is 0 Å². The standard InChI is InChI=1S/C13H22N4O.2C2H4O2/c1-2-17-4-3-12(15-17)7-16-6-11-5-14-8-13(11,9-16)10-18;2*1-2(3)4/h3-4,11,14,18H,2,5-10H2,1H3;2*1H3,(H,3,4). The number of carboxylic acid groups (broad SMARTS) is 2. The minimum Gasteiger partial charge on any atom is -0.481 e. The minimum atomic E-state index is -0.833. The zero-order valence-electron chi connectivity index (χ0n) is 15.7. The van der Waals surface area contributed by atoms with Crippen molar-refractivity contribution in [3.8, 4) is 0 Å². The Morgan fingerprint density at radius 2 is 1.96 bits per heavy atom. The van der Waals surface area contributed by atoms with E-state index in [0.29, 0.717) is 12.5 Å². The Balaban J connectivity index is 0.000000360. The van der Waals surface area contributed by atoms with Gasteiger partial charge in [-0.2, -0.15) is 5.10 Å². The quantitative estimate of drug-likeness (QED) is 0.587. The van der Waals surface area contributed by atoms with Crippen LogP contribution in [0.25, 0.3) is 0 Å². The number of hydrogen-bond acceptors (Lipinski definition) is 6. The summed E-state index contributed by atoms with van der Waals surface area (Å²) in [5.74, 6) is -1.07. The summed E-state index contributed by atoms with van der Waals surface area (Å²) in [5, 5.41) is 32.4. The summed E-state index contributed by atoms with van der Waals surface area (Å²) in [6, 6.07) is 2.10. The molecule has 1 aromatic rings. The zero-order chi connectivity index (χ0) is 19.7. The monoisotopic (exact) mass is 370 g/mol. The zero-order valence-corrected chi connectivity index (χ0v) is 15.7. The average molecular weight is 370 g/mol. The minimum absolute atomic E-state index is 0.0906. The number of rotatable bonds is 4. The molecule has 1 aromatic heterocycles. The van der Waals surface area contributed by atoms with Gasteiger partial charge in [-0.05, 0) is 25.5 Å². The van der Waals surface area contributed by atoms with Gasteiger partial charge in [-0.15, -0.1) is 0 Å². The average Bonchev–Trinajstić information content (AvgIpc) is 3.20. The first kappa shape index (κ1) is 22.1. The van der Waals surface area contributed by atoms with E-state index in [1.54, 1.807) is 0 Å². The maximum Gasteiger partial charge on any atom is 0.300 e. The van der Waals surface area contributed by atoms with Crippen molar-refractivity contribution in [2.45, 2.75) is 33.9 Å². The number of fused-ring (bicyclic) bond motifs is 1. The van der Waals surface area contributed by atoms with Gasteiger partial charge in [0.1, 0.15) is 0 Å². The molecule has 3 heterocycles. The number of nitrogens with zero attached hydrogens (tertiary/aromatic N) is 3. The topological polar surface area (TPSA) is 128 Å². The first-order valence-corrected chi connectivity index (χ1v) is 8.67. The fraction of sp³-hybridized carbons (Fsp3) is 0.706. The lowest BCUT2D eigenvalue weighted by Crippen LogP contribution is -2.35. The molecule has 9 heteroatoms. The highest BCUT2D eigenvalue weighted by Crippen LogP contribution is 2.38. The van der Waals surface area contributed by atoms with Crippen LogP contribution in [0.4, 0.5) is 0 Å². The molecule has 9 nitrogen and oxygen atoms in total. The molecule has 0 saturated carbocycles. The number of nitrogens with one attached hydrogen (secondary N) is 1. The fourth-order valence-corrected chi connectivity index (χ4v) is 3.37. The molecular weight excluding hydrogens is 340 g/mol. The first-order chi connectivity index (χ1) is 12.2. The van der Waals surface area contributed by atoms with E-state index in [0.717, 1.165) is 58.8 Å². The number of likely N-dealkylation sites (tertiary alicyclic amines) is 1. The molecule has 0 aromatic carbocycles. The molecule has 2 fully saturated rings. The number of aliphatic carboxylic acids is 2. The molecule has 2 atom stereocenters. The van der Waals surface area contributed by atoms with Crippen molar-refractivity contribution in [1.29, 1.82) is 0 Å². The highest BCUT2D eigenvalue weighted by Gasteiger charge is 2.49. The van der Waals surface area contributed by atoms with Gasteiger partial charge in [-0.1, -0.05) is 0 Å². The Bertz CT molecular complexity index is 571. The maximum absolute atomic E-state index is 9.67. The summed E-state index contributed by atoms with van der Waals surface area (Å²) >= 11 is 0. The van der Waals surface area contributed by atoms with Crippen LogP contribution in [0.5, 0.6) is 0 Å².